The molecule has 0 bridgehead atoms. The summed E-state index contributed by atoms with van der Waals surface area (Å²) >= 11 is 0. The fraction of sp³-hybridized carbons (Fsp3) is 0.667. The van der Waals surface area contributed by atoms with Crippen molar-refractivity contribution in [1.29, 1.82) is 0 Å². The van der Waals surface area contributed by atoms with Gasteiger partial charge < -0.3 is 15.2 Å². The molecule has 1 heterocycles. The topological polar surface area (TPSA) is 47.7 Å². The second-order valence-corrected chi connectivity index (χ2v) is 6.25. The minimum Gasteiger partial charge on any atom is -0.493 e. The zero-order valence-corrected chi connectivity index (χ0v) is 14.0. The number of hydrogen-bond donors (Lipinski definition) is 1. The van der Waals surface area contributed by atoms with Crippen LogP contribution in [0, 0.1) is 5.92 Å². The Balaban J connectivity index is 1.81. The molecule has 0 aromatic heterocycles. The van der Waals surface area contributed by atoms with Gasteiger partial charge in [0.1, 0.15) is 6.61 Å². The van der Waals surface area contributed by atoms with E-state index in [4.69, 9.17) is 15.2 Å². The monoisotopic (exact) mass is 306 g/mol. The van der Waals surface area contributed by atoms with Crippen LogP contribution >= 0.6 is 0 Å². The highest BCUT2D eigenvalue weighted by atomic mass is 16.5. The van der Waals surface area contributed by atoms with Crippen molar-refractivity contribution in [3.63, 3.8) is 0 Å². The van der Waals surface area contributed by atoms with Gasteiger partial charge in [0.25, 0.3) is 0 Å². The Kier molecular flexibility index (Phi) is 7.00. The van der Waals surface area contributed by atoms with Crippen LogP contribution in [0.1, 0.15) is 31.7 Å². The number of nitrogens with zero attached hydrogens (tertiary/aromatic N) is 1. The summed E-state index contributed by atoms with van der Waals surface area (Å²) in [5.74, 6) is 2.53. The summed E-state index contributed by atoms with van der Waals surface area (Å²) in [6.45, 7) is 7.15. The van der Waals surface area contributed by atoms with E-state index < -0.39 is 0 Å². The van der Waals surface area contributed by atoms with Crippen LogP contribution in [0.15, 0.2) is 18.2 Å². The number of aryl methyl sites for hydroxylation is 1. The van der Waals surface area contributed by atoms with E-state index in [9.17, 15) is 0 Å². The molecule has 1 aliphatic rings. The molecule has 1 fully saturated rings. The Morgan fingerprint density at radius 3 is 2.68 bits per heavy atom. The summed E-state index contributed by atoms with van der Waals surface area (Å²) in [4.78, 5) is 2.49. The number of hydrogen-bond acceptors (Lipinski definition) is 4. The van der Waals surface area contributed by atoms with Crippen LogP contribution in [0.2, 0.25) is 0 Å². The molecule has 22 heavy (non-hydrogen) atoms. The summed E-state index contributed by atoms with van der Waals surface area (Å²) in [6, 6.07) is 6.19. The third-order valence-corrected chi connectivity index (χ3v) is 4.44. The van der Waals surface area contributed by atoms with Crippen molar-refractivity contribution in [3.05, 3.63) is 23.8 Å². The normalized spacial score (nSPS) is 16.7. The summed E-state index contributed by atoms with van der Waals surface area (Å²) < 4.78 is 11.4. The zero-order valence-electron chi connectivity index (χ0n) is 14.0. The van der Waals surface area contributed by atoms with E-state index in [0.717, 1.165) is 43.3 Å². The van der Waals surface area contributed by atoms with Crippen LogP contribution in [0.4, 0.5) is 0 Å². The molecule has 0 aliphatic carbocycles. The Bertz CT molecular complexity index is 443. The van der Waals surface area contributed by atoms with E-state index in [-0.39, 0.29) is 0 Å². The minimum absolute atomic E-state index is 0.715. The first-order chi connectivity index (χ1) is 10.7. The van der Waals surface area contributed by atoms with E-state index >= 15 is 0 Å². The van der Waals surface area contributed by atoms with Gasteiger partial charge in [-0.05, 0) is 68.9 Å². The second kappa shape index (κ2) is 9.01. The molecule has 1 aromatic carbocycles. The van der Waals surface area contributed by atoms with Crippen molar-refractivity contribution in [2.75, 3.05) is 39.9 Å². The average molecular weight is 306 g/mol. The van der Waals surface area contributed by atoms with Crippen LogP contribution in [0.5, 0.6) is 11.5 Å². The molecule has 2 rings (SSSR count). The van der Waals surface area contributed by atoms with Crippen molar-refractivity contribution in [2.24, 2.45) is 11.7 Å². The lowest BCUT2D eigenvalue weighted by Crippen LogP contribution is -2.35. The molecule has 0 radical (unpaired) electrons. The third-order valence-electron chi connectivity index (χ3n) is 4.44. The van der Waals surface area contributed by atoms with Crippen LogP contribution in [0.25, 0.3) is 0 Å². The molecule has 4 heteroatoms. The van der Waals surface area contributed by atoms with Gasteiger partial charge in [-0.25, -0.2) is 0 Å². The Labute approximate surface area is 134 Å². The van der Waals surface area contributed by atoms with Crippen LogP contribution in [0.3, 0.4) is 0 Å². The lowest BCUT2D eigenvalue weighted by molar-refractivity contribution is 0.158. The van der Waals surface area contributed by atoms with Gasteiger partial charge in [0, 0.05) is 6.54 Å². The molecule has 1 aromatic rings. The molecule has 0 unspecified atom stereocenters. The fourth-order valence-electron chi connectivity index (χ4n) is 2.86. The first kappa shape index (κ1) is 17.1. The predicted molar refractivity (Wildman–Crippen MR) is 90.7 cm³/mol. The van der Waals surface area contributed by atoms with E-state index in [1.165, 1.54) is 31.5 Å². The summed E-state index contributed by atoms with van der Waals surface area (Å²) in [5, 5.41) is 0. The number of likely N-dealkylation sites (tertiary alicyclic amines) is 1. The van der Waals surface area contributed by atoms with Gasteiger partial charge in [0.05, 0.1) is 7.11 Å². The summed E-state index contributed by atoms with van der Waals surface area (Å²) in [6.07, 6.45) is 4.59. The largest absolute Gasteiger partial charge is 0.493 e. The number of nitrogens with two attached hydrogens (primary N) is 1. The SMILES string of the molecule is COc1cc(CCCN)ccc1OCCN1CCC(C)CC1. The van der Waals surface area contributed by atoms with Crippen molar-refractivity contribution in [2.45, 2.75) is 32.6 Å². The van der Waals surface area contributed by atoms with E-state index in [1.807, 2.05) is 6.07 Å². The molecule has 1 saturated heterocycles. The highest BCUT2D eigenvalue weighted by molar-refractivity contribution is 5.43. The number of benzene rings is 1. The van der Waals surface area contributed by atoms with E-state index in [2.05, 4.69) is 24.0 Å². The third kappa shape index (κ3) is 5.18. The Morgan fingerprint density at radius 2 is 2.00 bits per heavy atom. The first-order valence-electron chi connectivity index (χ1n) is 8.45. The molecular weight excluding hydrogens is 276 g/mol. The maximum atomic E-state index is 5.93. The van der Waals surface area contributed by atoms with Gasteiger partial charge in [0.2, 0.25) is 0 Å². The predicted octanol–water partition coefficient (Wildman–Crippen LogP) is 2.70. The molecule has 0 saturated carbocycles. The number of piperidine rings is 1. The molecule has 124 valence electrons. The number of methoxy groups -OCH3 is 1. The van der Waals surface area contributed by atoms with Crippen LogP contribution in [-0.2, 0) is 6.42 Å². The van der Waals surface area contributed by atoms with Crippen molar-refractivity contribution < 1.29 is 9.47 Å². The van der Waals surface area contributed by atoms with Gasteiger partial charge in [-0.3, -0.25) is 4.90 Å². The lowest BCUT2D eigenvalue weighted by Gasteiger charge is -2.30. The molecule has 2 N–H and O–H groups in total. The highest BCUT2D eigenvalue weighted by Gasteiger charge is 2.15. The number of rotatable bonds is 8. The van der Waals surface area contributed by atoms with Crippen molar-refractivity contribution in [3.8, 4) is 11.5 Å². The lowest BCUT2D eigenvalue weighted by atomic mass is 9.99. The average Bonchev–Trinajstić information content (AvgIpc) is 2.55. The van der Waals surface area contributed by atoms with Gasteiger partial charge in [0.15, 0.2) is 11.5 Å². The molecule has 0 amide bonds. The van der Waals surface area contributed by atoms with E-state index in [1.54, 1.807) is 7.11 Å². The Morgan fingerprint density at radius 1 is 1.23 bits per heavy atom. The number of ether oxygens (including phenoxy) is 2. The maximum absolute atomic E-state index is 5.93. The standard InChI is InChI=1S/C18H30N2O2/c1-15-7-10-20(11-8-15)12-13-22-17-6-5-16(4-3-9-19)14-18(17)21-2/h5-6,14-15H,3-4,7-13,19H2,1-2H3. The van der Waals surface area contributed by atoms with E-state index in [0.29, 0.717) is 6.61 Å². The molecule has 4 nitrogen and oxygen atoms in total. The quantitative estimate of drug-likeness (QED) is 0.802. The van der Waals surface area contributed by atoms with Crippen molar-refractivity contribution >= 4 is 0 Å². The molecule has 0 spiro atoms. The molecule has 0 atom stereocenters. The summed E-state index contributed by atoms with van der Waals surface area (Å²) in [5.41, 5.74) is 6.81. The highest BCUT2D eigenvalue weighted by Crippen LogP contribution is 2.28. The van der Waals surface area contributed by atoms with Gasteiger partial charge in [-0.1, -0.05) is 13.0 Å². The van der Waals surface area contributed by atoms with Gasteiger partial charge in [-0.15, -0.1) is 0 Å². The fourth-order valence-corrected chi connectivity index (χ4v) is 2.86. The van der Waals surface area contributed by atoms with Crippen LogP contribution < -0.4 is 15.2 Å². The summed E-state index contributed by atoms with van der Waals surface area (Å²) in [7, 11) is 1.70. The zero-order chi connectivity index (χ0) is 15.8. The smallest absolute Gasteiger partial charge is 0.161 e. The minimum atomic E-state index is 0.715. The maximum Gasteiger partial charge on any atom is 0.161 e. The molecular formula is C18H30N2O2. The van der Waals surface area contributed by atoms with Gasteiger partial charge >= 0.3 is 0 Å². The van der Waals surface area contributed by atoms with Crippen LogP contribution in [-0.4, -0.2) is 44.8 Å². The van der Waals surface area contributed by atoms with Crippen molar-refractivity contribution in [1.82, 2.24) is 4.90 Å². The first-order valence-corrected chi connectivity index (χ1v) is 8.45. The van der Waals surface area contributed by atoms with Gasteiger partial charge in [-0.2, -0.15) is 0 Å². The molecule has 1 aliphatic heterocycles. The second-order valence-electron chi connectivity index (χ2n) is 6.25. The Hall–Kier alpha value is -1.26.